The number of carbonyl (C=O) groups is 1. The van der Waals surface area contributed by atoms with Crippen molar-refractivity contribution >= 4 is 5.91 Å². The van der Waals surface area contributed by atoms with E-state index in [0.29, 0.717) is 13.2 Å². The van der Waals surface area contributed by atoms with Crippen LogP contribution >= 0.6 is 0 Å². The van der Waals surface area contributed by atoms with Gasteiger partial charge in [-0.1, -0.05) is 30.3 Å². The zero-order valence-corrected chi connectivity index (χ0v) is 16.0. The fourth-order valence-electron chi connectivity index (χ4n) is 2.90. The van der Waals surface area contributed by atoms with Crippen molar-refractivity contribution in [1.82, 2.24) is 5.32 Å². The second kappa shape index (κ2) is 9.82. The molecule has 26 heavy (non-hydrogen) atoms. The van der Waals surface area contributed by atoms with Gasteiger partial charge in [0.25, 0.3) is 5.91 Å². The van der Waals surface area contributed by atoms with Crippen molar-refractivity contribution < 1.29 is 19.2 Å². The highest BCUT2D eigenvalue weighted by Gasteiger charge is 2.15. The summed E-state index contributed by atoms with van der Waals surface area (Å²) in [5.41, 5.74) is 2.21. The fourth-order valence-corrected chi connectivity index (χ4v) is 2.90. The number of benzene rings is 2. The van der Waals surface area contributed by atoms with E-state index in [2.05, 4.69) is 5.32 Å². The zero-order chi connectivity index (χ0) is 18.9. The molecular weight excluding hydrogens is 328 g/mol. The third kappa shape index (κ3) is 5.77. The minimum atomic E-state index is 0.00192. The first-order valence-corrected chi connectivity index (χ1v) is 8.98. The van der Waals surface area contributed by atoms with Crippen LogP contribution in [0, 0.1) is 0 Å². The van der Waals surface area contributed by atoms with Gasteiger partial charge in [0.1, 0.15) is 6.54 Å². The van der Waals surface area contributed by atoms with Gasteiger partial charge in [0.05, 0.1) is 26.8 Å². The van der Waals surface area contributed by atoms with Crippen LogP contribution in [0.1, 0.15) is 31.0 Å². The van der Waals surface area contributed by atoms with Gasteiger partial charge in [-0.3, -0.25) is 4.79 Å². The Morgan fingerprint density at radius 3 is 2.54 bits per heavy atom. The standard InChI is InChI=1S/C21H28N2O3/c1-5-26-19-12-11-17(13-20(19)25-4)14-23(3)15-21(24)22-16(2)18-9-7-6-8-10-18/h6-13,16H,5,14-15H2,1-4H3,(H,22,24)/p+1/t16-/m0/s1. The number of hydrogen-bond donors (Lipinski definition) is 2. The van der Waals surface area contributed by atoms with Gasteiger partial charge in [-0.15, -0.1) is 0 Å². The molecule has 1 unspecified atom stereocenters. The number of nitrogens with one attached hydrogen (secondary N) is 2. The van der Waals surface area contributed by atoms with Gasteiger partial charge in [-0.2, -0.15) is 0 Å². The topological polar surface area (TPSA) is 52.0 Å². The van der Waals surface area contributed by atoms with Crippen molar-refractivity contribution in [3.05, 3.63) is 59.7 Å². The summed E-state index contributed by atoms with van der Waals surface area (Å²) in [6, 6.07) is 15.9. The molecule has 0 bridgehead atoms. The number of quaternary nitrogens is 1. The van der Waals surface area contributed by atoms with Crippen LogP contribution in [0.4, 0.5) is 0 Å². The Morgan fingerprint density at radius 2 is 1.88 bits per heavy atom. The van der Waals surface area contributed by atoms with Crippen LogP contribution in [0.2, 0.25) is 0 Å². The van der Waals surface area contributed by atoms with Crippen LogP contribution < -0.4 is 19.7 Å². The summed E-state index contributed by atoms with van der Waals surface area (Å²) in [4.78, 5) is 13.4. The highest BCUT2D eigenvalue weighted by Crippen LogP contribution is 2.27. The van der Waals surface area contributed by atoms with E-state index in [9.17, 15) is 4.79 Å². The van der Waals surface area contributed by atoms with Gasteiger partial charge >= 0.3 is 0 Å². The minimum Gasteiger partial charge on any atom is -0.493 e. The molecule has 140 valence electrons. The molecule has 0 saturated carbocycles. The summed E-state index contributed by atoms with van der Waals surface area (Å²) >= 11 is 0. The van der Waals surface area contributed by atoms with Gasteiger partial charge in [-0.25, -0.2) is 0 Å². The van der Waals surface area contributed by atoms with Gasteiger partial charge < -0.3 is 19.7 Å². The summed E-state index contributed by atoms with van der Waals surface area (Å²) in [7, 11) is 3.65. The quantitative estimate of drug-likeness (QED) is 0.722. The number of hydrogen-bond acceptors (Lipinski definition) is 3. The van der Waals surface area contributed by atoms with Crippen LogP contribution in [-0.2, 0) is 11.3 Å². The molecule has 1 amide bonds. The number of likely N-dealkylation sites (N-methyl/N-ethyl adjacent to an activating group) is 1. The molecule has 0 spiro atoms. The van der Waals surface area contributed by atoms with Crippen LogP contribution in [-0.4, -0.2) is 33.2 Å². The average Bonchev–Trinajstić information content (AvgIpc) is 2.63. The molecule has 0 aromatic heterocycles. The molecule has 5 nitrogen and oxygen atoms in total. The van der Waals surface area contributed by atoms with Crippen molar-refractivity contribution in [1.29, 1.82) is 0 Å². The molecule has 5 heteroatoms. The zero-order valence-electron chi connectivity index (χ0n) is 16.0. The Labute approximate surface area is 155 Å². The Morgan fingerprint density at radius 1 is 1.15 bits per heavy atom. The summed E-state index contributed by atoms with van der Waals surface area (Å²) < 4.78 is 10.9. The Kier molecular flexibility index (Phi) is 7.48. The van der Waals surface area contributed by atoms with Crippen LogP contribution in [0.5, 0.6) is 11.5 Å². The molecule has 0 heterocycles. The predicted octanol–water partition coefficient (Wildman–Crippen LogP) is 1.99. The summed E-state index contributed by atoms with van der Waals surface area (Å²) in [5, 5.41) is 3.06. The lowest BCUT2D eigenvalue weighted by molar-refractivity contribution is -0.885. The number of amides is 1. The highest BCUT2D eigenvalue weighted by molar-refractivity contribution is 5.77. The molecule has 0 saturated heterocycles. The van der Waals surface area contributed by atoms with E-state index in [-0.39, 0.29) is 11.9 Å². The molecule has 0 fully saturated rings. The molecule has 0 aliphatic carbocycles. The van der Waals surface area contributed by atoms with Crippen molar-refractivity contribution in [2.24, 2.45) is 0 Å². The molecule has 0 radical (unpaired) electrons. The molecule has 2 rings (SSSR count). The van der Waals surface area contributed by atoms with Gasteiger partial charge in [0.2, 0.25) is 0 Å². The fraction of sp³-hybridized carbons (Fsp3) is 0.381. The first kappa shape index (κ1) is 19.8. The molecule has 2 N–H and O–H groups in total. The largest absolute Gasteiger partial charge is 0.493 e. The van der Waals surface area contributed by atoms with Crippen molar-refractivity contribution in [2.45, 2.75) is 26.4 Å². The first-order chi connectivity index (χ1) is 12.5. The Bertz CT molecular complexity index is 704. The summed E-state index contributed by atoms with van der Waals surface area (Å²) in [5.74, 6) is 1.50. The lowest BCUT2D eigenvalue weighted by atomic mass is 10.1. The van der Waals surface area contributed by atoms with Crippen molar-refractivity contribution in [2.75, 3.05) is 27.3 Å². The highest BCUT2D eigenvalue weighted by atomic mass is 16.5. The molecule has 2 atom stereocenters. The predicted molar refractivity (Wildman–Crippen MR) is 103 cm³/mol. The van der Waals surface area contributed by atoms with Gasteiger partial charge in [0, 0.05) is 5.56 Å². The molecule has 0 aliphatic heterocycles. The van der Waals surface area contributed by atoms with E-state index in [1.807, 2.05) is 69.4 Å². The summed E-state index contributed by atoms with van der Waals surface area (Å²) in [6.07, 6.45) is 0. The van der Waals surface area contributed by atoms with E-state index in [1.54, 1.807) is 7.11 Å². The van der Waals surface area contributed by atoms with Gasteiger partial charge in [-0.05, 0) is 37.6 Å². The van der Waals surface area contributed by atoms with E-state index in [4.69, 9.17) is 9.47 Å². The lowest BCUT2D eigenvalue weighted by Gasteiger charge is -2.18. The van der Waals surface area contributed by atoms with Crippen molar-refractivity contribution in [3.63, 3.8) is 0 Å². The maximum atomic E-state index is 12.3. The van der Waals surface area contributed by atoms with Gasteiger partial charge in [0.15, 0.2) is 18.0 Å². The van der Waals surface area contributed by atoms with Crippen molar-refractivity contribution in [3.8, 4) is 11.5 Å². The Balaban J connectivity index is 1.89. The van der Waals surface area contributed by atoms with E-state index in [0.717, 1.165) is 34.1 Å². The molecule has 2 aromatic carbocycles. The maximum Gasteiger partial charge on any atom is 0.275 e. The SMILES string of the molecule is CCOc1ccc(C[NH+](C)CC(=O)N[C@@H](C)c2ccccc2)cc1OC. The monoisotopic (exact) mass is 357 g/mol. The maximum absolute atomic E-state index is 12.3. The minimum absolute atomic E-state index is 0.00192. The third-order valence-electron chi connectivity index (χ3n) is 4.17. The van der Waals surface area contributed by atoms with Crippen LogP contribution in [0.15, 0.2) is 48.5 Å². The number of carbonyl (C=O) groups excluding carboxylic acids is 1. The van der Waals surface area contributed by atoms with Crippen LogP contribution in [0.3, 0.4) is 0 Å². The normalized spacial score (nSPS) is 12.9. The van der Waals surface area contributed by atoms with E-state index in [1.165, 1.54) is 0 Å². The number of methoxy groups -OCH3 is 1. The smallest absolute Gasteiger partial charge is 0.275 e. The lowest BCUT2D eigenvalue weighted by Crippen LogP contribution is -3.08. The summed E-state index contributed by atoms with van der Waals surface area (Å²) in [6.45, 7) is 5.68. The van der Waals surface area contributed by atoms with E-state index < -0.39 is 0 Å². The molecule has 2 aromatic rings. The molecule has 0 aliphatic rings. The molecular formula is C21H29N2O3+. The third-order valence-corrected chi connectivity index (χ3v) is 4.17. The number of ether oxygens (including phenoxy) is 2. The first-order valence-electron chi connectivity index (χ1n) is 8.98. The van der Waals surface area contributed by atoms with E-state index >= 15 is 0 Å². The Hall–Kier alpha value is -2.53. The second-order valence-corrected chi connectivity index (χ2v) is 6.43. The number of rotatable bonds is 9. The average molecular weight is 357 g/mol. The second-order valence-electron chi connectivity index (χ2n) is 6.43. The van der Waals surface area contributed by atoms with Crippen LogP contribution in [0.25, 0.3) is 0 Å².